The molecule has 0 unspecified atom stereocenters. The van der Waals surface area contributed by atoms with Crippen LogP contribution in [0.5, 0.6) is 11.5 Å². The summed E-state index contributed by atoms with van der Waals surface area (Å²) >= 11 is 0. The summed E-state index contributed by atoms with van der Waals surface area (Å²) in [5, 5.41) is 2.67. The molecule has 1 N–H and O–H groups in total. The Kier molecular flexibility index (Phi) is 7.65. The van der Waals surface area contributed by atoms with Crippen LogP contribution in [0, 0.1) is 0 Å². The van der Waals surface area contributed by atoms with Crippen molar-refractivity contribution in [2.75, 3.05) is 26.1 Å². The van der Waals surface area contributed by atoms with Gasteiger partial charge in [0.1, 0.15) is 0 Å². The summed E-state index contributed by atoms with van der Waals surface area (Å²) in [5.74, 6) is 0.236. The van der Waals surface area contributed by atoms with E-state index < -0.39 is 11.9 Å². The molecule has 0 aliphatic carbocycles. The molecule has 2 rings (SSSR count). The topological polar surface area (TPSA) is 73.9 Å². The fourth-order valence-electron chi connectivity index (χ4n) is 2.75. The molecule has 0 fully saturated rings. The van der Waals surface area contributed by atoms with Crippen LogP contribution in [-0.2, 0) is 26.2 Å². The lowest BCUT2D eigenvalue weighted by molar-refractivity contribution is -0.147. The lowest BCUT2D eigenvalue weighted by Crippen LogP contribution is -2.21. The molecule has 0 aliphatic heterocycles. The van der Waals surface area contributed by atoms with E-state index >= 15 is 0 Å². The van der Waals surface area contributed by atoms with Gasteiger partial charge in [-0.25, -0.2) is 0 Å². The molecule has 0 saturated heterocycles. The second-order valence-corrected chi connectivity index (χ2v) is 7.73. The fourth-order valence-corrected chi connectivity index (χ4v) is 2.75. The summed E-state index contributed by atoms with van der Waals surface area (Å²) < 4.78 is 15.4. The molecule has 1 amide bonds. The first kappa shape index (κ1) is 22.3. The molecule has 6 nitrogen and oxygen atoms in total. The minimum absolute atomic E-state index is 0.0960. The van der Waals surface area contributed by atoms with Crippen molar-refractivity contribution < 1.29 is 23.8 Å². The number of carbonyl (C=O) groups excluding carboxylic acids is 2. The minimum Gasteiger partial charge on any atom is -0.493 e. The van der Waals surface area contributed by atoms with Gasteiger partial charge in [0.2, 0.25) is 0 Å². The van der Waals surface area contributed by atoms with E-state index in [-0.39, 0.29) is 18.4 Å². The van der Waals surface area contributed by atoms with Crippen LogP contribution in [0.25, 0.3) is 0 Å². The smallest absolute Gasteiger partial charge is 0.306 e. The Morgan fingerprint density at radius 3 is 2.17 bits per heavy atom. The van der Waals surface area contributed by atoms with E-state index in [1.54, 1.807) is 18.2 Å². The highest BCUT2D eigenvalue weighted by atomic mass is 16.5. The highest BCUT2D eigenvalue weighted by Crippen LogP contribution is 2.29. The highest BCUT2D eigenvalue weighted by molar-refractivity contribution is 5.93. The first-order valence-electron chi connectivity index (χ1n) is 9.50. The number of aryl methyl sites for hydroxylation is 1. The number of methoxy groups -OCH3 is 2. The van der Waals surface area contributed by atoms with Crippen LogP contribution < -0.4 is 14.8 Å². The van der Waals surface area contributed by atoms with Gasteiger partial charge in [0.25, 0.3) is 5.91 Å². The van der Waals surface area contributed by atoms with Gasteiger partial charge in [-0.1, -0.05) is 45.0 Å². The first-order chi connectivity index (χ1) is 13.7. The number of hydrogen-bond acceptors (Lipinski definition) is 5. The summed E-state index contributed by atoms with van der Waals surface area (Å²) in [5.41, 5.74) is 2.93. The van der Waals surface area contributed by atoms with Crippen LogP contribution in [0.3, 0.4) is 0 Å². The van der Waals surface area contributed by atoms with Crippen LogP contribution in [0.1, 0.15) is 38.3 Å². The average Bonchev–Trinajstić information content (AvgIpc) is 2.70. The van der Waals surface area contributed by atoms with Crippen molar-refractivity contribution >= 4 is 17.6 Å². The summed E-state index contributed by atoms with van der Waals surface area (Å²) in [6, 6.07) is 13.2. The lowest BCUT2D eigenvalue weighted by atomic mass is 9.86. The van der Waals surface area contributed by atoms with Crippen molar-refractivity contribution in [3.8, 4) is 11.5 Å². The fraction of sp³-hybridized carbons (Fsp3) is 0.391. The molecule has 2 aromatic carbocycles. The molecule has 0 aromatic heterocycles. The third-order valence-electron chi connectivity index (χ3n) is 4.47. The molecule has 0 heterocycles. The van der Waals surface area contributed by atoms with Gasteiger partial charge in [0, 0.05) is 18.2 Å². The third kappa shape index (κ3) is 6.82. The number of esters is 1. The Morgan fingerprint density at radius 1 is 0.931 bits per heavy atom. The zero-order valence-electron chi connectivity index (χ0n) is 17.7. The monoisotopic (exact) mass is 399 g/mol. The number of anilines is 1. The Balaban J connectivity index is 1.78. The van der Waals surface area contributed by atoms with Gasteiger partial charge >= 0.3 is 5.97 Å². The van der Waals surface area contributed by atoms with Crippen molar-refractivity contribution in [1.29, 1.82) is 0 Å². The second kappa shape index (κ2) is 9.96. The predicted octanol–water partition coefficient (Wildman–Crippen LogP) is 4.12. The molecular formula is C23H29NO5. The zero-order valence-corrected chi connectivity index (χ0v) is 17.7. The second-order valence-electron chi connectivity index (χ2n) is 7.73. The Labute approximate surface area is 172 Å². The van der Waals surface area contributed by atoms with Crippen LogP contribution in [0.2, 0.25) is 0 Å². The van der Waals surface area contributed by atoms with E-state index in [1.165, 1.54) is 19.8 Å². The van der Waals surface area contributed by atoms with E-state index in [9.17, 15) is 9.59 Å². The van der Waals surface area contributed by atoms with Crippen LogP contribution in [-0.4, -0.2) is 32.7 Å². The molecule has 0 bridgehead atoms. The van der Waals surface area contributed by atoms with E-state index in [1.807, 2.05) is 12.1 Å². The number of benzene rings is 2. The van der Waals surface area contributed by atoms with Gasteiger partial charge in [0.05, 0.1) is 14.2 Å². The molecule has 29 heavy (non-hydrogen) atoms. The maximum absolute atomic E-state index is 12.0. The minimum atomic E-state index is -0.417. The number of amides is 1. The lowest BCUT2D eigenvalue weighted by Gasteiger charge is -2.19. The number of hydrogen-bond donors (Lipinski definition) is 1. The average molecular weight is 399 g/mol. The quantitative estimate of drug-likeness (QED) is 0.676. The standard InChI is InChI=1S/C23H29NO5/c1-23(2,3)17-9-6-16(7-10-17)8-13-22(26)29-15-21(25)24-18-11-12-19(27-4)20(14-18)28-5/h6-7,9-12,14H,8,13,15H2,1-5H3,(H,24,25). The van der Waals surface area contributed by atoms with Crippen molar-refractivity contribution in [3.63, 3.8) is 0 Å². The first-order valence-corrected chi connectivity index (χ1v) is 9.50. The van der Waals surface area contributed by atoms with Gasteiger partial charge < -0.3 is 19.5 Å². The molecule has 6 heteroatoms. The SMILES string of the molecule is COc1ccc(NC(=O)COC(=O)CCc2ccc(C(C)(C)C)cc2)cc1OC. The van der Waals surface area contributed by atoms with Crippen molar-refractivity contribution in [2.45, 2.75) is 39.0 Å². The molecule has 0 spiro atoms. The maximum Gasteiger partial charge on any atom is 0.306 e. The van der Waals surface area contributed by atoms with Gasteiger partial charge in [-0.15, -0.1) is 0 Å². The largest absolute Gasteiger partial charge is 0.493 e. The molecule has 0 aliphatic rings. The van der Waals surface area contributed by atoms with Gasteiger partial charge in [0.15, 0.2) is 18.1 Å². The molecular weight excluding hydrogens is 370 g/mol. The summed E-state index contributed by atoms with van der Waals surface area (Å²) in [7, 11) is 3.05. The summed E-state index contributed by atoms with van der Waals surface area (Å²) in [6.07, 6.45) is 0.791. The predicted molar refractivity (Wildman–Crippen MR) is 113 cm³/mol. The van der Waals surface area contributed by atoms with Crippen LogP contribution in [0.15, 0.2) is 42.5 Å². The normalized spacial score (nSPS) is 10.9. The van der Waals surface area contributed by atoms with Gasteiger partial charge in [-0.05, 0) is 35.1 Å². The Hall–Kier alpha value is -3.02. The summed E-state index contributed by atoms with van der Waals surface area (Å²) in [6.45, 7) is 6.14. The number of carbonyl (C=O) groups is 2. The number of rotatable bonds is 8. The van der Waals surface area contributed by atoms with E-state index in [0.29, 0.717) is 23.6 Å². The van der Waals surface area contributed by atoms with Crippen LogP contribution in [0.4, 0.5) is 5.69 Å². The summed E-state index contributed by atoms with van der Waals surface area (Å²) in [4.78, 5) is 24.0. The molecule has 156 valence electrons. The van der Waals surface area contributed by atoms with Gasteiger partial charge in [-0.3, -0.25) is 9.59 Å². The van der Waals surface area contributed by atoms with Crippen molar-refractivity contribution in [1.82, 2.24) is 0 Å². The molecule has 0 atom stereocenters. The third-order valence-corrected chi connectivity index (χ3v) is 4.47. The van der Waals surface area contributed by atoms with Crippen molar-refractivity contribution in [2.24, 2.45) is 0 Å². The molecule has 2 aromatic rings. The van der Waals surface area contributed by atoms with Crippen LogP contribution >= 0.6 is 0 Å². The molecule has 0 radical (unpaired) electrons. The number of nitrogens with one attached hydrogen (secondary N) is 1. The van der Waals surface area contributed by atoms with Gasteiger partial charge in [-0.2, -0.15) is 0 Å². The van der Waals surface area contributed by atoms with E-state index in [2.05, 4.69) is 38.2 Å². The molecule has 0 saturated carbocycles. The number of ether oxygens (including phenoxy) is 3. The zero-order chi connectivity index (χ0) is 21.4. The Morgan fingerprint density at radius 2 is 1.59 bits per heavy atom. The highest BCUT2D eigenvalue weighted by Gasteiger charge is 2.14. The maximum atomic E-state index is 12.0. The Bertz CT molecular complexity index is 837. The van der Waals surface area contributed by atoms with E-state index in [0.717, 1.165) is 5.56 Å². The van der Waals surface area contributed by atoms with E-state index in [4.69, 9.17) is 14.2 Å². The van der Waals surface area contributed by atoms with Crippen molar-refractivity contribution in [3.05, 3.63) is 53.6 Å².